The van der Waals surface area contributed by atoms with Crippen molar-refractivity contribution in [3.8, 4) is 34.2 Å². The first-order valence-electron chi connectivity index (χ1n) is 20.0. The summed E-state index contributed by atoms with van der Waals surface area (Å²) in [6.45, 7) is 9.10. The average molecular weight is 739 g/mol. The minimum Gasteiger partial charge on any atom is -0.299 e. The van der Waals surface area contributed by atoms with Crippen molar-refractivity contribution in [3.05, 3.63) is 228 Å². The van der Waals surface area contributed by atoms with Gasteiger partial charge in [-0.2, -0.15) is 0 Å². The van der Waals surface area contributed by atoms with Crippen LogP contribution in [0.15, 0.2) is 194 Å². The highest BCUT2D eigenvalue weighted by Gasteiger charge is 2.39. The molecule has 278 valence electrons. The molecule has 0 unspecified atom stereocenters. The first-order chi connectivity index (χ1) is 27.9. The van der Waals surface area contributed by atoms with Gasteiger partial charge in [-0.15, -0.1) is 0 Å². The second kappa shape index (κ2) is 15.0. The van der Waals surface area contributed by atoms with E-state index in [1.165, 1.54) is 27.9 Å². The predicted octanol–water partition coefficient (Wildman–Crippen LogP) is 13.2. The van der Waals surface area contributed by atoms with Gasteiger partial charge in [-0.3, -0.25) is 9.13 Å². The highest BCUT2D eigenvalue weighted by Crippen LogP contribution is 2.47. The van der Waals surface area contributed by atoms with Gasteiger partial charge in [-0.05, 0) is 81.6 Å². The highest BCUT2D eigenvalue weighted by atomic mass is 15.1. The van der Waals surface area contributed by atoms with Crippen molar-refractivity contribution in [1.29, 1.82) is 0 Å². The maximum atomic E-state index is 5.28. The van der Waals surface area contributed by atoms with E-state index in [2.05, 4.69) is 225 Å². The Bertz CT molecular complexity index is 2730. The van der Waals surface area contributed by atoms with Gasteiger partial charge in [0.25, 0.3) is 0 Å². The Morgan fingerprint density at radius 3 is 1.54 bits per heavy atom. The van der Waals surface area contributed by atoms with E-state index in [-0.39, 0.29) is 0 Å². The molecule has 4 nitrogen and oxygen atoms in total. The van der Waals surface area contributed by atoms with Crippen LogP contribution in [-0.4, -0.2) is 19.1 Å². The maximum absolute atomic E-state index is 5.28. The number of fused-ring (bicyclic) bond motifs is 1. The van der Waals surface area contributed by atoms with E-state index in [1.807, 2.05) is 6.20 Å². The molecule has 2 aromatic heterocycles. The lowest BCUT2D eigenvalue weighted by Crippen LogP contribution is -2.31. The number of hydrogen-bond donors (Lipinski definition) is 0. The number of aromatic nitrogens is 4. The second-order valence-electron chi connectivity index (χ2n) is 15.5. The molecule has 9 aromatic rings. The standard InChI is InChI=1S/C53H46N4/c1-37(2)46-29-18-30-47(38(3)4)50(46)56-34-33-54-51(56)39-19-16-25-43(35-39)53(41-21-8-5-9-22-41,42-23-10-6-11-24-42)44-26-17-20-40(36-44)52-55-48-31-14-15-32-49(48)57(52)45-27-12-7-13-28-45/h5-38H,1-4H3. The summed E-state index contributed by atoms with van der Waals surface area (Å²) >= 11 is 0. The maximum Gasteiger partial charge on any atom is 0.145 e. The number of imidazole rings is 2. The van der Waals surface area contributed by atoms with Crippen molar-refractivity contribution in [2.75, 3.05) is 0 Å². The van der Waals surface area contributed by atoms with Crippen molar-refractivity contribution >= 4 is 11.0 Å². The van der Waals surface area contributed by atoms with Gasteiger partial charge in [0.1, 0.15) is 11.6 Å². The van der Waals surface area contributed by atoms with Gasteiger partial charge in [0, 0.05) is 29.2 Å². The molecule has 0 radical (unpaired) electrons. The molecule has 0 saturated carbocycles. The zero-order chi connectivity index (χ0) is 38.9. The Kier molecular flexibility index (Phi) is 9.47. The van der Waals surface area contributed by atoms with Crippen LogP contribution >= 0.6 is 0 Å². The monoisotopic (exact) mass is 738 g/mol. The van der Waals surface area contributed by atoms with Crippen molar-refractivity contribution < 1.29 is 0 Å². The highest BCUT2D eigenvalue weighted by molar-refractivity contribution is 5.83. The molecule has 0 spiro atoms. The van der Waals surface area contributed by atoms with Crippen molar-refractivity contribution in [2.24, 2.45) is 0 Å². The van der Waals surface area contributed by atoms with Gasteiger partial charge in [-0.1, -0.05) is 173 Å². The van der Waals surface area contributed by atoms with Gasteiger partial charge in [0.05, 0.1) is 22.1 Å². The summed E-state index contributed by atoms with van der Waals surface area (Å²) in [5.74, 6) is 2.53. The second-order valence-corrected chi connectivity index (χ2v) is 15.5. The van der Waals surface area contributed by atoms with E-state index in [1.54, 1.807) is 0 Å². The molecule has 0 aliphatic carbocycles. The molecular formula is C53H46N4. The molecule has 57 heavy (non-hydrogen) atoms. The largest absolute Gasteiger partial charge is 0.299 e. The summed E-state index contributed by atoms with van der Waals surface area (Å²) in [5.41, 5.74) is 13.1. The summed E-state index contributed by atoms with van der Waals surface area (Å²) in [7, 11) is 0. The summed E-state index contributed by atoms with van der Waals surface area (Å²) < 4.78 is 4.59. The van der Waals surface area contributed by atoms with E-state index >= 15 is 0 Å². The molecule has 7 aromatic carbocycles. The zero-order valence-corrected chi connectivity index (χ0v) is 32.9. The van der Waals surface area contributed by atoms with Gasteiger partial charge < -0.3 is 0 Å². The number of nitrogens with zero attached hydrogens (tertiary/aromatic N) is 4. The Morgan fingerprint density at radius 2 is 0.965 bits per heavy atom. The Labute approximate surface area is 335 Å². The molecule has 0 amide bonds. The summed E-state index contributed by atoms with van der Waals surface area (Å²) in [6, 6.07) is 65.6. The topological polar surface area (TPSA) is 35.6 Å². The fraction of sp³-hybridized carbons (Fsp3) is 0.132. The van der Waals surface area contributed by atoms with Crippen LogP contribution in [0.5, 0.6) is 0 Å². The predicted molar refractivity (Wildman–Crippen MR) is 236 cm³/mol. The van der Waals surface area contributed by atoms with E-state index in [0.717, 1.165) is 50.6 Å². The number of rotatable bonds is 10. The van der Waals surface area contributed by atoms with Crippen LogP contribution < -0.4 is 0 Å². The third-order valence-electron chi connectivity index (χ3n) is 11.3. The first-order valence-corrected chi connectivity index (χ1v) is 20.0. The molecule has 0 aliphatic rings. The third-order valence-corrected chi connectivity index (χ3v) is 11.3. The molecule has 9 rings (SSSR count). The quantitative estimate of drug-likeness (QED) is 0.131. The van der Waals surface area contributed by atoms with Crippen LogP contribution in [0.25, 0.3) is 45.2 Å². The van der Waals surface area contributed by atoms with Crippen LogP contribution in [0.1, 0.15) is 72.9 Å². The van der Waals surface area contributed by atoms with E-state index in [0.29, 0.717) is 11.8 Å². The molecule has 0 aliphatic heterocycles. The normalized spacial score (nSPS) is 11.8. The van der Waals surface area contributed by atoms with E-state index in [4.69, 9.17) is 9.97 Å². The Morgan fingerprint density at radius 1 is 0.474 bits per heavy atom. The van der Waals surface area contributed by atoms with Gasteiger partial charge >= 0.3 is 0 Å². The third kappa shape index (κ3) is 6.28. The van der Waals surface area contributed by atoms with Crippen molar-refractivity contribution in [3.63, 3.8) is 0 Å². The lowest BCUT2D eigenvalue weighted by molar-refractivity contribution is 0.745. The molecule has 0 saturated heterocycles. The van der Waals surface area contributed by atoms with Gasteiger partial charge in [0.15, 0.2) is 0 Å². The molecule has 2 heterocycles. The molecule has 0 fully saturated rings. The van der Waals surface area contributed by atoms with Crippen molar-refractivity contribution in [2.45, 2.75) is 44.9 Å². The zero-order valence-electron chi connectivity index (χ0n) is 32.9. The van der Waals surface area contributed by atoms with E-state index < -0.39 is 5.41 Å². The molecule has 0 atom stereocenters. The molecular weight excluding hydrogens is 693 g/mol. The fourth-order valence-corrected chi connectivity index (χ4v) is 8.70. The van der Waals surface area contributed by atoms with Crippen molar-refractivity contribution in [1.82, 2.24) is 19.1 Å². The Balaban J connectivity index is 1.30. The Hall–Kier alpha value is -6.78. The van der Waals surface area contributed by atoms with Crippen LogP contribution in [0, 0.1) is 0 Å². The minimum atomic E-state index is -0.686. The average Bonchev–Trinajstić information content (AvgIpc) is 3.91. The number of para-hydroxylation sites is 4. The SMILES string of the molecule is CC(C)c1cccc(C(C)C)c1-n1ccnc1-c1cccc(C(c2ccccc2)(c2ccccc2)c2cccc(-c3nc4ccccc4n3-c3ccccc3)c2)c1. The number of benzene rings is 7. The van der Waals surface area contributed by atoms with Gasteiger partial charge in [0.2, 0.25) is 0 Å². The van der Waals surface area contributed by atoms with Crippen LogP contribution in [-0.2, 0) is 5.41 Å². The van der Waals surface area contributed by atoms with E-state index in [9.17, 15) is 0 Å². The van der Waals surface area contributed by atoms with Crippen LogP contribution in [0.3, 0.4) is 0 Å². The molecule has 4 heteroatoms. The molecule has 0 bridgehead atoms. The van der Waals surface area contributed by atoms with Gasteiger partial charge in [-0.25, -0.2) is 9.97 Å². The minimum absolute atomic E-state index is 0.353. The smallest absolute Gasteiger partial charge is 0.145 e. The fourth-order valence-electron chi connectivity index (χ4n) is 8.70. The lowest BCUT2D eigenvalue weighted by Gasteiger charge is -2.37. The van der Waals surface area contributed by atoms with Crippen LogP contribution in [0.4, 0.5) is 0 Å². The number of hydrogen-bond acceptors (Lipinski definition) is 2. The summed E-state index contributed by atoms with van der Waals surface area (Å²) in [4.78, 5) is 10.3. The summed E-state index contributed by atoms with van der Waals surface area (Å²) in [5, 5.41) is 0. The van der Waals surface area contributed by atoms with Crippen LogP contribution in [0.2, 0.25) is 0 Å². The lowest BCUT2D eigenvalue weighted by atomic mass is 9.64. The first kappa shape index (κ1) is 35.9. The summed E-state index contributed by atoms with van der Waals surface area (Å²) in [6.07, 6.45) is 4.06. The molecule has 0 N–H and O–H groups in total.